The average Bonchev–Trinajstić information content (AvgIpc) is 3.28. The summed E-state index contributed by atoms with van der Waals surface area (Å²) >= 11 is 0. The van der Waals surface area contributed by atoms with Gasteiger partial charge >= 0.3 is 0 Å². The number of anilines is 1. The maximum absolute atomic E-state index is 13.1. The molecule has 174 valence electrons. The number of nitrogens with one attached hydrogen (secondary N) is 1. The van der Waals surface area contributed by atoms with Crippen molar-refractivity contribution in [2.45, 2.75) is 32.0 Å². The van der Waals surface area contributed by atoms with E-state index in [1.807, 2.05) is 12.3 Å². The Labute approximate surface area is 197 Å². The molecular weight excluding hydrogens is 434 g/mol. The van der Waals surface area contributed by atoms with Gasteiger partial charge in [0.25, 0.3) is 11.8 Å². The van der Waals surface area contributed by atoms with Gasteiger partial charge in [-0.25, -0.2) is 0 Å². The van der Waals surface area contributed by atoms with Crippen LogP contribution in [0.5, 0.6) is 5.75 Å². The molecule has 4 rings (SSSR count). The Balaban J connectivity index is 1.49. The zero-order chi connectivity index (χ0) is 24.3. The topological polar surface area (TPSA) is 110 Å². The van der Waals surface area contributed by atoms with E-state index in [0.29, 0.717) is 23.5 Å². The summed E-state index contributed by atoms with van der Waals surface area (Å²) in [6, 6.07) is 9.60. The van der Waals surface area contributed by atoms with Crippen molar-refractivity contribution in [3.05, 3.63) is 71.8 Å². The van der Waals surface area contributed by atoms with Gasteiger partial charge in [0.1, 0.15) is 29.7 Å². The second kappa shape index (κ2) is 9.37. The molecular formula is C25H25N5O4. The first kappa shape index (κ1) is 23.0. The third-order valence-corrected chi connectivity index (χ3v) is 5.13. The van der Waals surface area contributed by atoms with Crippen LogP contribution in [0.1, 0.15) is 35.5 Å². The van der Waals surface area contributed by atoms with Crippen LogP contribution in [0.2, 0.25) is 0 Å². The molecule has 0 bridgehead atoms. The summed E-state index contributed by atoms with van der Waals surface area (Å²) in [5.74, 6) is 5.35. The zero-order valence-electron chi connectivity index (χ0n) is 19.1. The largest absolute Gasteiger partial charge is 0.489 e. The third-order valence-electron chi connectivity index (χ3n) is 5.13. The number of carbonyl (C=O) groups excluding carboxylic acids is 2. The van der Waals surface area contributed by atoms with Crippen LogP contribution >= 0.6 is 0 Å². The fraction of sp³-hybridized carbons (Fsp3) is 0.280. The van der Waals surface area contributed by atoms with Crippen LogP contribution in [0.25, 0.3) is 0 Å². The molecule has 9 heteroatoms. The maximum Gasteiger partial charge on any atom is 0.270 e. The lowest BCUT2D eigenvalue weighted by molar-refractivity contribution is -0.120. The first-order valence-corrected chi connectivity index (χ1v) is 10.7. The number of hydrogen-bond donors (Lipinski definition) is 2. The molecule has 1 aromatic carbocycles. The number of aromatic nitrogens is 3. The molecule has 0 fully saturated rings. The summed E-state index contributed by atoms with van der Waals surface area (Å²) in [7, 11) is 1.62. The SMILES string of the molecule is CN1C(=O)[C@@H](NC(=O)c2cc(Cn3cccn3)ccn2)COc2ccc(C#CC(C)(C)O)cc21. The Morgan fingerprint density at radius 1 is 1.29 bits per heavy atom. The minimum atomic E-state index is -1.13. The normalized spacial score (nSPS) is 15.5. The molecule has 34 heavy (non-hydrogen) atoms. The molecule has 1 atom stereocenters. The third kappa shape index (κ3) is 5.42. The number of aliphatic hydroxyl groups is 1. The highest BCUT2D eigenvalue weighted by molar-refractivity contribution is 6.03. The van der Waals surface area contributed by atoms with E-state index in [4.69, 9.17) is 4.74 Å². The van der Waals surface area contributed by atoms with E-state index in [1.54, 1.807) is 68.3 Å². The van der Waals surface area contributed by atoms with Crippen LogP contribution < -0.4 is 15.0 Å². The van der Waals surface area contributed by atoms with Crippen molar-refractivity contribution < 1.29 is 19.4 Å². The predicted molar refractivity (Wildman–Crippen MR) is 125 cm³/mol. The molecule has 1 aliphatic rings. The van der Waals surface area contributed by atoms with E-state index in [1.165, 1.54) is 4.90 Å². The lowest BCUT2D eigenvalue weighted by Crippen LogP contribution is -2.49. The number of carbonyl (C=O) groups is 2. The second-order valence-electron chi connectivity index (χ2n) is 8.48. The molecule has 0 unspecified atom stereocenters. The van der Waals surface area contributed by atoms with E-state index in [-0.39, 0.29) is 18.2 Å². The molecule has 2 N–H and O–H groups in total. The molecule has 9 nitrogen and oxygen atoms in total. The Morgan fingerprint density at radius 2 is 2.12 bits per heavy atom. The van der Waals surface area contributed by atoms with Crippen LogP contribution in [0.4, 0.5) is 5.69 Å². The number of amides is 2. The minimum absolute atomic E-state index is 0.0242. The standard InChI is InChI=1S/C25H25N5O4/c1-25(2,33)9-7-17-5-6-22-21(14-17)29(3)24(32)20(16-34-22)28-23(31)19-13-18(8-11-26-19)15-30-12-4-10-27-30/h4-6,8,10-14,20,33H,15-16H2,1-3H3,(H,28,31)/t20-/m0/s1. The first-order valence-electron chi connectivity index (χ1n) is 10.7. The summed E-state index contributed by atoms with van der Waals surface area (Å²) in [6.45, 7) is 3.66. The van der Waals surface area contributed by atoms with Crippen LogP contribution in [-0.4, -0.2) is 57.0 Å². The number of likely N-dealkylation sites (N-methyl/N-ethyl adjacent to an activating group) is 1. The Bertz CT molecular complexity index is 1270. The van der Waals surface area contributed by atoms with Gasteiger partial charge in [-0.15, -0.1) is 0 Å². The molecule has 1 aliphatic heterocycles. The minimum Gasteiger partial charge on any atom is -0.489 e. The van der Waals surface area contributed by atoms with Crippen molar-refractivity contribution in [3.63, 3.8) is 0 Å². The number of benzene rings is 1. The molecule has 0 spiro atoms. The highest BCUT2D eigenvalue weighted by atomic mass is 16.5. The molecule has 2 amide bonds. The number of fused-ring (bicyclic) bond motifs is 1. The summed E-state index contributed by atoms with van der Waals surface area (Å²) in [6.07, 6.45) is 5.07. The van der Waals surface area contributed by atoms with Crippen LogP contribution in [-0.2, 0) is 11.3 Å². The Kier molecular flexibility index (Phi) is 6.34. The maximum atomic E-state index is 13.1. The summed E-state index contributed by atoms with van der Waals surface area (Å²) in [4.78, 5) is 31.6. The van der Waals surface area contributed by atoms with Gasteiger partial charge in [-0.1, -0.05) is 11.8 Å². The van der Waals surface area contributed by atoms with Crippen LogP contribution in [0.3, 0.4) is 0 Å². The zero-order valence-corrected chi connectivity index (χ0v) is 19.1. The van der Waals surface area contributed by atoms with Gasteiger partial charge in [0.05, 0.1) is 12.2 Å². The van der Waals surface area contributed by atoms with E-state index in [2.05, 4.69) is 27.2 Å². The fourth-order valence-corrected chi connectivity index (χ4v) is 3.41. The molecule has 0 saturated carbocycles. The number of ether oxygens (including phenoxy) is 1. The van der Waals surface area contributed by atoms with E-state index in [9.17, 15) is 14.7 Å². The molecule has 0 aliphatic carbocycles. The predicted octanol–water partition coefficient (Wildman–Crippen LogP) is 1.60. The molecule has 0 radical (unpaired) electrons. The lowest BCUT2D eigenvalue weighted by atomic mass is 10.1. The summed E-state index contributed by atoms with van der Waals surface area (Å²) in [5, 5.41) is 16.7. The number of nitrogens with zero attached hydrogens (tertiary/aromatic N) is 4. The fourth-order valence-electron chi connectivity index (χ4n) is 3.41. The van der Waals surface area contributed by atoms with Gasteiger partial charge in [-0.3, -0.25) is 19.3 Å². The van der Waals surface area contributed by atoms with Gasteiger partial charge in [0, 0.05) is 31.2 Å². The molecule has 3 heterocycles. The summed E-state index contributed by atoms with van der Waals surface area (Å²) < 4.78 is 7.57. The van der Waals surface area contributed by atoms with E-state index in [0.717, 1.165) is 5.56 Å². The first-order chi connectivity index (χ1) is 16.2. The van der Waals surface area contributed by atoms with Gasteiger partial charge in [-0.05, 0) is 55.8 Å². The number of rotatable bonds is 4. The van der Waals surface area contributed by atoms with E-state index < -0.39 is 17.6 Å². The lowest BCUT2D eigenvalue weighted by Gasteiger charge is -2.20. The van der Waals surface area contributed by atoms with Gasteiger partial charge in [-0.2, -0.15) is 5.10 Å². The number of hydrogen-bond acceptors (Lipinski definition) is 6. The Hall–Kier alpha value is -4.16. The van der Waals surface area contributed by atoms with Gasteiger partial charge < -0.3 is 20.1 Å². The van der Waals surface area contributed by atoms with Crippen molar-refractivity contribution in [2.24, 2.45) is 0 Å². The van der Waals surface area contributed by atoms with Crippen molar-refractivity contribution in [2.75, 3.05) is 18.6 Å². The van der Waals surface area contributed by atoms with E-state index >= 15 is 0 Å². The van der Waals surface area contributed by atoms with Crippen molar-refractivity contribution in [1.82, 2.24) is 20.1 Å². The highest BCUT2D eigenvalue weighted by Crippen LogP contribution is 2.31. The van der Waals surface area contributed by atoms with Crippen molar-refractivity contribution in [3.8, 4) is 17.6 Å². The summed E-state index contributed by atoms with van der Waals surface area (Å²) in [5.41, 5.74) is 1.08. The molecule has 0 saturated heterocycles. The highest BCUT2D eigenvalue weighted by Gasteiger charge is 2.31. The second-order valence-corrected chi connectivity index (χ2v) is 8.48. The van der Waals surface area contributed by atoms with Gasteiger partial charge in [0.2, 0.25) is 0 Å². The smallest absolute Gasteiger partial charge is 0.270 e. The number of pyridine rings is 1. The van der Waals surface area contributed by atoms with Crippen molar-refractivity contribution in [1.29, 1.82) is 0 Å². The van der Waals surface area contributed by atoms with Gasteiger partial charge in [0.15, 0.2) is 0 Å². The molecule has 2 aromatic heterocycles. The molecule has 3 aromatic rings. The van der Waals surface area contributed by atoms with Crippen molar-refractivity contribution >= 4 is 17.5 Å². The average molecular weight is 460 g/mol. The quantitative estimate of drug-likeness (QED) is 0.574. The Morgan fingerprint density at radius 3 is 2.85 bits per heavy atom. The van der Waals surface area contributed by atoms with Crippen LogP contribution in [0.15, 0.2) is 55.0 Å². The van der Waals surface area contributed by atoms with Crippen LogP contribution in [0, 0.1) is 11.8 Å². The monoisotopic (exact) mass is 459 g/mol.